The molecule has 1 heterocycles. The molecule has 3 unspecified atom stereocenters. The number of aryl methyl sites for hydroxylation is 1. The summed E-state index contributed by atoms with van der Waals surface area (Å²) in [7, 11) is 0. The standard InChI is InChI=1S/C14H21N3/c1-9-6-12(4-5-15)17-14(16-9)13-8-10-2-3-11(13)7-10/h6,10-11,13H,2-5,7-8,15H2,1H3. The number of hydrogen-bond acceptors (Lipinski definition) is 3. The van der Waals surface area contributed by atoms with Crippen LogP contribution in [0, 0.1) is 18.8 Å². The van der Waals surface area contributed by atoms with E-state index in [0.29, 0.717) is 12.5 Å². The fourth-order valence-electron chi connectivity index (χ4n) is 3.66. The van der Waals surface area contributed by atoms with E-state index in [2.05, 4.69) is 18.0 Å². The lowest BCUT2D eigenvalue weighted by Gasteiger charge is -2.21. The Labute approximate surface area is 103 Å². The van der Waals surface area contributed by atoms with Gasteiger partial charge in [-0.05, 0) is 50.6 Å². The van der Waals surface area contributed by atoms with Crippen molar-refractivity contribution in [2.45, 2.75) is 44.9 Å². The van der Waals surface area contributed by atoms with E-state index in [9.17, 15) is 0 Å². The van der Waals surface area contributed by atoms with E-state index in [1.54, 1.807) is 0 Å². The summed E-state index contributed by atoms with van der Waals surface area (Å²) in [5.74, 6) is 3.53. The van der Waals surface area contributed by atoms with Crippen molar-refractivity contribution in [3.63, 3.8) is 0 Å². The van der Waals surface area contributed by atoms with E-state index in [4.69, 9.17) is 10.7 Å². The van der Waals surface area contributed by atoms with Gasteiger partial charge in [-0.3, -0.25) is 0 Å². The van der Waals surface area contributed by atoms with Gasteiger partial charge in [0.1, 0.15) is 5.82 Å². The Morgan fingerprint density at radius 2 is 2.18 bits per heavy atom. The molecule has 2 aliphatic rings. The molecule has 1 aromatic rings. The summed E-state index contributed by atoms with van der Waals surface area (Å²) >= 11 is 0. The van der Waals surface area contributed by atoms with Crippen molar-refractivity contribution in [1.82, 2.24) is 9.97 Å². The van der Waals surface area contributed by atoms with Crippen LogP contribution in [0.5, 0.6) is 0 Å². The SMILES string of the molecule is Cc1cc(CCN)nc(C2CC3CCC2C3)n1. The van der Waals surface area contributed by atoms with Gasteiger partial charge in [0.25, 0.3) is 0 Å². The van der Waals surface area contributed by atoms with Gasteiger partial charge in [-0.2, -0.15) is 0 Å². The van der Waals surface area contributed by atoms with Crippen LogP contribution in [-0.2, 0) is 6.42 Å². The third-order valence-electron chi connectivity index (χ3n) is 4.39. The van der Waals surface area contributed by atoms with Gasteiger partial charge in [0.2, 0.25) is 0 Å². The molecule has 2 saturated carbocycles. The van der Waals surface area contributed by atoms with Crippen LogP contribution in [0.25, 0.3) is 0 Å². The fourth-order valence-corrected chi connectivity index (χ4v) is 3.66. The molecule has 2 bridgehead atoms. The highest BCUT2D eigenvalue weighted by atomic mass is 14.9. The fraction of sp³-hybridized carbons (Fsp3) is 0.714. The topological polar surface area (TPSA) is 51.8 Å². The van der Waals surface area contributed by atoms with Crippen LogP contribution in [0.15, 0.2) is 6.07 Å². The molecule has 3 atom stereocenters. The van der Waals surface area contributed by atoms with Crippen LogP contribution in [0.4, 0.5) is 0 Å². The predicted molar refractivity (Wildman–Crippen MR) is 67.7 cm³/mol. The zero-order chi connectivity index (χ0) is 11.8. The lowest BCUT2D eigenvalue weighted by atomic mass is 9.88. The van der Waals surface area contributed by atoms with Crippen molar-refractivity contribution in [3.05, 3.63) is 23.3 Å². The number of nitrogens with zero attached hydrogens (tertiary/aromatic N) is 2. The van der Waals surface area contributed by atoms with E-state index < -0.39 is 0 Å². The lowest BCUT2D eigenvalue weighted by Crippen LogP contribution is -2.15. The predicted octanol–water partition coefficient (Wildman–Crippen LogP) is 2.19. The minimum Gasteiger partial charge on any atom is -0.330 e. The van der Waals surface area contributed by atoms with Crippen molar-refractivity contribution in [3.8, 4) is 0 Å². The van der Waals surface area contributed by atoms with Crippen molar-refractivity contribution in [2.24, 2.45) is 17.6 Å². The molecular weight excluding hydrogens is 210 g/mol. The van der Waals surface area contributed by atoms with Crippen molar-refractivity contribution in [1.29, 1.82) is 0 Å². The maximum Gasteiger partial charge on any atom is 0.132 e. The number of fused-ring (bicyclic) bond motifs is 2. The summed E-state index contributed by atoms with van der Waals surface area (Å²) in [6, 6.07) is 2.07. The summed E-state index contributed by atoms with van der Waals surface area (Å²) in [5.41, 5.74) is 7.84. The van der Waals surface area contributed by atoms with Gasteiger partial charge >= 0.3 is 0 Å². The first kappa shape index (κ1) is 11.1. The Bertz CT molecular complexity index is 416. The first-order valence-corrected chi connectivity index (χ1v) is 6.81. The molecule has 0 amide bonds. The maximum absolute atomic E-state index is 5.61. The van der Waals surface area contributed by atoms with Gasteiger partial charge in [-0.1, -0.05) is 6.42 Å². The highest BCUT2D eigenvalue weighted by molar-refractivity contribution is 5.15. The summed E-state index contributed by atoms with van der Waals surface area (Å²) in [4.78, 5) is 9.40. The molecule has 2 N–H and O–H groups in total. The van der Waals surface area contributed by atoms with Gasteiger partial charge < -0.3 is 5.73 Å². The van der Waals surface area contributed by atoms with Crippen LogP contribution in [0.2, 0.25) is 0 Å². The molecule has 0 aromatic carbocycles. The van der Waals surface area contributed by atoms with E-state index in [1.807, 2.05) is 0 Å². The molecule has 92 valence electrons. The molecule has 3 heteroatoms. The Kier molecular flexibility index (Phi) is 2.87. The Hall–Kier alpha value is -0.960. The summed E-state index contributed by atoms with van der Waals surface area (Å²) in [6.45, 7) is 2.74. The zero-order valence-electron chi connectivity index (χ0n) is 10.5. The molecular formula is C14H21N3. The second-order valence-electron chi connectivity index (χ2n) is 5.68. The molecule has 17 heavy (non-hydrogen) atoms. The average molecular weight is 231 g/mol. The van der Waals surface area contributed by atoms with Crippen molar-refractivity contribution < 1.29 is 0 Å². The maximum atomic E-state index is 5.61. The highest BCUT2D eigenvalue weighted by Crippen LogP contribution is 2.52. The van der Waals surface area contributed by atoms with E-state index in [1.165, 1.54) is 25.7 Å². The zero-order valence-corrected chi connectivity index (χ0v) is 10.5. The minimum atomic E-state index is 0.630. The molecule has 3 rings (SSSR count). The highest BCUT2D eigenvalue weighted by Gasteiger charge is 2.41. The molecule has 0 saturated heterocycles. The first-order valence-electron chi connectivity index (χ1n) is 6.81. The summed E-state index contributed by atoms with van der Waals surface area (Å²) < 4.78 is 0. The molecule has 3 nitrogen and oxygen atoms in total. The van der Waals surface area contributed by atoms with E-state index >= 15 is 0 Å². The third-order valence-corrected chi connectivity index (χ3v) is 4.39. The quantitative estimate of drug-likeness (QED) is 0.867. The average Bonchev–Trinajstić information content (AvgIpc) is 2.90. The van der Waals surface area contributed by atoms with Crippen molar-refractivity contribution >= 4 is 0 Å². The minimum absolute atomic E-state index is 0.630. The molecule has 1 aromatic heterocycles. The van der Waals surface area contributed by atoms with Crippen LogP contribution < -0.4 is 5.73 Å². The van der Waals surface area contributed by atoms with Crippen LogP contribution >= 0.6 is 0 Å². The summed E-state index contributed by atoms with van der Waals surface area (Å²) in [6.07, 6.45) is 6.42. The second-order valence-corrected chi connectivity index (χ2v) is 5.68. The number of rotatable bonds is 3. The van der Waals surface area contributed by atoms with E-state index in [-0.39, 0.29) is 0 Å². The van der Waals surface area contributed by atoms with Crippen LogP contribution in [0.3, 0.4) is 0 Å². The number of aromatic nitrogens is 2. The number of nitrogens with two attached hydrogens (primary N) is 1. The monoisotopic (exact) mass is 231 g/mol. The Balaban J connectivity index is 1.87. The smallest absolute Gasteiger partial charge is 0.132 e. The molecule has 0 radical (unpaired) electrons. The summed E-state index contributed by atoms with van der Waals surface area (Å²) in [5, 5.41) is 0. The molecule has 2 aliphatic carbocycles. The Morgan fingerprint density at radius 3 is 2.82 bits per heavy atom. The van der Waals surface area contributed by atoms with Gasteiger partial charge in [0, 0.05) is 23.7 Å². The van der Waals surface area contributed by atoms with Crippen molar-refractivity contribution in [2.75, 3.05) is 6.54 Å². The third kappa shape index (κ3) is 2.08. The van der Waals surface area contributed by atoms with Gasteiger partial charge in [0.05, 0.1) is 0 Å². The van der Waals surface area contributed by atoms with Crippen LogP contribution in [-0.4, -0.2) is 16.5 Å². The van der Waals surface area contributed by atoms with Gasteiger partial charge in [-0.15, -0.1) is 0 Å². The number of hydrogen-bond donors (Lipinski definition) is 1. The lowest BCUT2D eigenvalue weighted by molar-refractivity contribution is 0.404. The molecule has 2 fully saturated rings. The normalized spacial score (nSPS) is 31.1. The largest absolute Gasteiger partial charge is 0.330 e. The van der Waals surface area contributed by atoms with Gasteiger partial charge in [0.15, 0.2) is 0 Å². The van der Waals surface area contributed by atoms with Crippen LogP contribution in [0.1, 0.15) is 48.8 Å². The molecule has 0 spiro atoms. The molecule has 0 aliphatic heterocycles. The first-order chi connectivity index (χ1) is 8.26. The Morgan fingerprint density at radius 1 is 1.29 bits per heavy atom. The van der Waals surface area contributed by atoms with Gasteiger partial charge in [-0.25, -0.2) is 9.97 Å². The van der Waals surface area contributed by atoms with E-state index in [0.717, 1.165) is 35.5 Å². The second kappa shape index (κ2) is 4.37.